The molecule has 1 heterocycles. The lowest BCUT2D eigenvalue weighted by molar-refractivity contribution is -0.108. The Kier molecular flexibility index (Phi) is 3.52. The van der Waals surface area contributed by atoms with E-state index in [1.54, 1.807) is 0 Å². The van der Waals surface area contributed by atoms with Crippen LogP contribution in [0.3, 0.4) is 0 Å². The standard InChI is InChI=1S/C15H18BrNO2/c1-9-10(6-7-18)8-12-14(17-9)5-4-13(16)15(12)19-11-2-3-11/h4-5,7,9-11,17H,2-3,6,8H2,1H3/t9-,10?/m0/s1. The molecule has 0 bridgehead atoms. The highest BCUT2D eigenvalue weighted by molar-refractivity contribution is 9.10. The number of fused-ring (bicyclic) bond motifs is 1. The van der Waals surface area contributed by atoms with Crippen molar-refractivity contribution in [1.29, 1.82) is 0 Å². The molecule has 0 radical (unpaired) electrons. The van der Waals surface area contributed by atoms with Crippen LogP contribution in [0.5, 0.6) is 5.75 Å². The van der Waals surface area contributed by atoms with E-state index in [9.17, 15) is 4.79 Å². The highest BCUT2D eigenvalue weighted by Gasteiger charge is 2.31. The second kappa shape index (κ2) is 5.16. The number of benzene rings is 1. The molecule has 1 aliphatic heterocycles. The molecule has 0 amide bonds. The molecule has 102 valence electrons. The zero-order chi connectivity index (χ0) is 13.4. The molecule has 4 heteroatoms. The van der Waals surface area contributed by atoms with Gasteiger partial charge in [-0.25, -0.2) is 0 Å². The van der Waals surface area contributed by atoms with E-state index in [0.29, 0.717) is 24.5 Å². The SMILES string of the molecule is C[C@@H]1Nc2ccc(Br)c(OC3CC3)c2CC1CC=O. The summed E-state index contributed by atoms with van der Waals surface area (Å²) in [5.74, 6) is 1.32. The van der Waals surface area contributed by atoms with Crippen LogP contribution >= 0.6 is 15.9 Å². The second-order valence-corrected chi connectivity index (χ2v) is 6.37. The Hall–Kier alpha value is -1.03. The smallest absolute Gasteiger partial charge is 0.139 e. The monoisotopic (exact) mass is 323 g/mol. The maximum absolute atomic E-state index is 10.8. The minimum Gasteiger partial charge on any atom is -0.489 e. The molecule has 0 aromatic heterocycles. The zero-order valence-electron chi connectivity index (χ0n) is 11.0. The number of halogens is 1. The predicted molar refractivity (Wildman–Crippen MR) is 78.8 cm³/mol. The molecule has 1 saturated carbocycles. The summed E-state index contributed by atoms with van der Waals surface area (Å²) < 4.78 is 7.05. The van der Waals surface area contributed by atoms with Crippen molar-refractivity contribution in [2.24, 2.45) is 5.92 Å². The molecule has 2 aliphatic rings. The molecule has 0 spiro atoms. The molecular weight excluding hydrogens is 306 g/mol. The molecule has 1 aromatic carbocycles. The van der Waals surface area contributed by atoms with Gasteiger partial charge in [-0.15, -0.1) is 0 Å². The van der Waals surface area contributed by atoms with Crippen LogP contribution in [0.25, 0.3) is 0 Å². The average molecular weight is 324 g/mol. The molecule has 1 aromatic rings. The number of ether oxygens (including phenoxy) is 1. The maximum atomic E-state index is 10.8. The molecule has 1 unspecified atom stereocenters. The number of hydrogen-bond acceptors (Lipinski definition) is 3. The average Bonchev–Trinajstić information content (AvgIpc) is 3.19. The third kappa shape index (κ3) is 2.64. The molecule has 0 saturated heterocycles. The Morgan fingerprint density at radius 2 is 2.26 bits per heavy atom. The Morgan fingerprint density at radius 3 is 2.95 bits per heavy atom. The lowest BCUT2D eigenvalue weighted by Gasteiger charge is -2.33. The van der Waals surface area contributed by atoms with Gasteiger partial charge in [0, 0.05) is 23.7 Å². The van der Waals surface area contributed by atoms with E-state index in [1.807, 2.05) is 6.07 Å². The van der Waals surface area contributed by atoms with Crippen LogP contribution in [0, 0.1) is 5.92 Å². The number of anilines is 1. The van der Waals surface area contributed by atoms with Gasteiger partial charge in [0.15, 0.2) is 0 Å². The van der Waals surface area contributed by atoms with Gasteiger partial charge < -0.3 is 14.8 Å². The normalized spacial score (nSPS) is 25.4. The number of hydrogen-bond donors (Lipinski definition) is 1. The first-order valence-corrected chi connectivity index (χ1v) is 7.66. The van der Waals surface area contributed by atoms with Crippen molar-refractivity contribution >= 4 is 27.9 Å². The highest BCUT2D eigenvalue weighted by Crippen LogP contribution is 2.42. The molecule has 3 rings (SSSR count). The molecule has 19 heavy (non-hydrogen) atoms. The van der Waals surface area contributed by atoms with Gasteiger partial charge in [0.25, 0.3) is 0 Å². The first kappa shape index (κ1) is 13.0. The van der Waals surface area contributed by atoms with Gasteiger partial charge in [-0.2, -0.15) is 0 Å². The molecule has 1 fully saturated rings. The van der Waals surface area contributed by atoms with E-state index in [4.69, 9.17) is 4.74 Å². The van der Waals surface area contributed by atoms with Crippen LogP contribution in [-0.4, -0.2) is 18.4 Å². The number of aldehydes is 1. The lowest BCUT2D eigenvalue weighted by atomic mass is 9.86. The molecule has 1 aliphatic carbocycles. The van der Waals surface area contributed by atoms with Gasteiger partial charge in [-0.05, 0) is 60.2 Å². The van der Waals surface area contributed by atoms with Gasteiger partial charge in [-0.1, -0.05) is 0 Å². The van der Waals surface area contributed by atoms with Crippen LogP contribution < -0.4 is 10.1 Å². The van der Waals surface area contributed by atoms with E-state index >= 15 is 0 Å². The van der Waals surface area contributed by atoms with E-state index < -0.39 is 0 Å². The van der Waals surface area contributed by atoms with Crippen molar-refractivity contribution < 1.29 is 9.53 Å². The summed E-state index contributed by atoms with van der Waals surface area (Å²) in [7, 11) is 0. The first-order valence-electron chi connectivity index (χ1n) is 6.87. The third-order valence-corrected chi connectivity index (χ3v) is 4.60. The fourth-order valence-electron chi connectivity index (χ4n) is 2.63. The maximum Gasteiger partial charge on any atom is 0.139 e. The summed E-state index contributed by atoms with van der Waals surface area (Å²) in [5, 5.41) is 3.50. The highest BCUT2D eigenvalue weighted by atomic mass is 79.9. The van der Waals surface area contributed by atoms with E-state index in [2.05, 4.69) is 34.2 Å². The molecule has 3 nitrogen and oxygen atoms in total. The van der Waals surface area contributed by atoms with Crippen molar-refractivity contribution in [3.63, 3.8) is 0 Å². The van der Waals surface area contributed by atoms with Crippen molar-refractivity contribution in [2.75, 3.05) is 5.32 Å². The summed E-state index contributed by atoms with van der Waals surface area (Å²) in [5.41, 5.74) is 2.36. The Bertz CT molecular complexity index is 499. The Balaban J connectivity index is 1.93. The molecule has 2 atom stereocenters. The second-order valence-electron chi connectivity index (χ2n) is 5.52. The van der Waals surface area contributed by atoms with Gasteiger partial charge in [0.1, 0.15) is 12.0 Å². The Morgan fingerprint density at radius 1 is 1.47 bits per heavy atom. The molecule has 1 N–H and O–H groups in total. The summed E-state index contributed by atoms with van der Waals surface area (Å²) >= 11 is 3.58. The van der Waals surface area contributed by atoms with E-state index in [0.717, 1.165) is 41.5 Å². The predicted octanol–water partition coefficient (Wildman–Crippen LogP) is 3.55. The van der Waals surface area contributed by atoms with Crippen molar-refractivity contribution in [1.82, 2.24) is 0 Å². The largest absolute Gasteiger partial charge is 0.489 e. The minimum atomic E-state index is 0.327. The summed E-state index contributed by atoms with van der Waals surface area (Å²) in [6.07, 6.45) is 5.21. The Labute approximate surface area is 121 Å². The molecular formula is C15H18BrNO2. The first-order chi connectivity index (χ1) is 9.19. The summed E-state index contributed by atoms with van der Waals surface area (Å²) in [6.45, 7) is 2.14. The number of carbonyl (C=O) groups is 1. The van der Waals surface area contributed by atoms with Crippen molar-refractivity contribution in [3.8, 4) is 5.75 Å². The van der Waals surface area contributed by atoms with Gasteiger partial charge in [0.2, 0.25) is 0 Å². The topological polar surface area (TPSA) is 38.3 Å². The van der Waals surface area contributed by atoms with Crippen molar-refractivity contribution in [3.05, 3.63) is 22.2 Å². The van der Waals surface area contributed by atoms with E-state index in [-0.39, 0.29) is 0 Å². The van der Waals surface area contributed by atoms with Crippen LogP contribution in [-0.2, 0) is 11.2 Å². The summed E-state index contributed by atoms with van der Waals surface area (Å²) in [4.78, 5) is 10.8. The van der Waals surface area contributed by atoms with E-state index in [1.165, 1.54) is 5.56 Å². The number of rotatable bonds is 4. The minimum absolute atomic E-state index is 0.327. The van der Waals surface area contributed by atoms with Gasteiger partial charge >= 0.3 is 0 Å². The lowest BCUT2D eigenvalue weighted by Crippen LogP contribution is -2.33. The zero-order valence-corrected chi connectivity index (χ0v) is 12.6. The fourth-order valence-corrected chi connectivity index (χ4v) is 3.10. The van der Waals surface area contributed by atoms with Crippen LogP contribution in [0.2, 0.25) is 0 Å². The van der Waals surface area contributed by atoms with Crippen LogP contribution in [0.1, 0.15) is 31.7 Å². The van der Waals surface area contributed by atoms with Gasteiger partial charge in [-0.3, -0.25) is 0 Å². The summed E-state index contributed by atoms with van der Waals surface area (Å²) in [6, 6.07) is 4.45. The number of carbonyl (C=O) groups excluding carboxylic acids is 1. The van der Waals surface area contributed by atoms with Crippen LogP contribution in [0.15, 0.2) is 16.6 Å². The van der Waals surface area contributed by atoms with Gasteiger partial charge in [0.05, 0.1) is 10.6 Å². The number of nitrogens with one attached hydrogen (secondary N) is 1. The van der Waals surface area contributed by atoms with Crippen molar-refractivity contribution in [2.45, 2.75) is 44.8 Å². The third-order valence-electron chi connectivity index (χ3n) is 3.98. The van der Waals surface area contributed by atoms with Crippen LogP contribution in [0.4, 0.5) is 5.69 Å². The quantitative estimate of drug-likeness (QED) is 0.861. The fraction of sp³-hybridized carbons (Fsp3) is 0.533.